The first-order valence-electron chi connectivity index (χ1n) is 14.7. The molecule has 3 aromatic rings. The Morgan fingerprint density at radius 2 is 1.74 bits per heavy atom. The Hall–Kier alpha value is -3.47. The molecule has 0 fully saturated rings. The number of aliphatic hydroxyl groups is 2. The molecule has 2 amide bonds. The van der Waals surface area contributed by atoms with Crippen LogP contribution in [0, 0.1) is 0 Å². The molecule has 9 nitrogen and oxygen atoms in total. The largest absolute Gasteiger partial charge is 0.489 e. The fourth-order valence-corrected chi connectivity index (χ4v) is 4.57. The molecule has 3 rings (SSSR count). The molecule has 42 heavy (non-hydrogen) atoms. The zero-order valence-corrected chi connectivity index (χ0v) is 24.6. The van der Waals surface area contributed by atoms with Gasteiger partial charge in [0.05, 0.1) is 19.3 Å². The SMILES string of the molecule is CN(CCOCCCCCCNCC(O)c1ccc(OCc2ccccc2)c(CO)c1)Cc1cccc(NC(N)=O)c1. The van der Waals surface area contributed by atoms with E-state index < -0.39 is 12.1 Å². The van der Waals surface area contributed by atoms with E-state index in [0.29, 0.717) is 36.8 Å². The van der Waals surface area contributed by atoms with Gasteiger partial charge in [0.2, 0.25) is 0 Å². The molecular formula is C33H46N4O5. The summed E-state index contributed by atoms with van der Waals surface area (Å²) >= 11 is 0. The van der Waals surface area contributed by atoms with E-state index in [2.05, 4.69) is 15.5 Å². The van der Waals surface area contributed by atoms with Gasteiger partial charge in [-0.1, -0.05) is 61.4 Å². The smallest absolute Gasteiger partial charge is 0.316 e. The maximum Gasteiger partial charge on any atom is 0.316 e. The summed E-state index contributed by atoms with van der Waals surface area (Å²) in [5, 5.41) is 26.3. The van der Waals surface area contributed by atoms with Crippen LogP contribution in [0.25, 0.3) is 0 Å². The van der Waals surface area contributed by atoms with Crippen molar-refractivity contribution in [1.29, 1.82) is 0 Å². The van der Waals surface area contributed by atoms with E-state index in [1.165, 1.54) is 0 Å². The lowest BCUT2D eigenvalue weighted by molar-refractivity contribution is 0.106. The van der Waals surface area contributed by atoms with E-state index in [1.54, 1.807) is 0 Å². The van der Waals surface area contributed by atoms with Crippen LogP contribution in [0.15, 0.2) is 72.8 Å². The number of urea groups is 1. The van der Waals surface area contributed by atoms with Gasteiger partial charge in [0.25, 0.3) is 0 Å². The molecule has 3 aromatic carbocycles. The van der Waals surface area contributed by atoms with Crippen LogP contribution in [0.4, 0.5) is 10.5 Å². The minimum atomic E-state index is -0.652. The second kappa shape index (κ2) is 18.9. The molecule has 9 heteroatoms. The number of unbranched alkanes of at least 4 members (excludes halogenated alkanes) is 3. The van der Waals surface area contributed by atoms with Crippen LogP contribution in [0.5, 0.6) is 5.75 Å². The van der Waals surface area contributed by atoms with Gasteiger partial charge in [-0.3, -0.25) is 4.90 Å². The van der Waals surface area contributed by atoms with Gasteiger partial charge in [-0.15, -0.1) is 0 Å². The van der Waals surface area contributed by atoms with Gasteiger partial charge in [-0.25, -0.2) is 4.79 Å². The van der Waals surface area contributed by atoms with Gasteiger partial charge in [-0.2, -0.15) is 0 Å². The predicted molar refractivity (Wildman–Crippen MR) is 166 cm³/mol. The van der Waals surface area contributed by atoms with Crippen molar-refractivity contribution in [2.45, 2.75) is 51.5 Å². The summed E-state index contributed by atoms with van der Waals surface area (Å²) in [4.78, 5) is 13.2. The first kappa shape index (κ1) is 33.0. The number of nitrogens with two attached hydrogens (primary N) is 1. The number of carbonyl (C=O) groups is 1. The average Bonchev–Trinajstić information content (AvgIpc) is 2.99. The molecule has 0 aromatic heterocycles. The zero-order valence-electron chi connectivity index (χ0n) is 24.6. The Balaban J connectivity index is 1.20. The maximum absolute atomic E-state index is 11.0. The van der Waals surface area contributed by atoms with Crippen LogP contribution < -0.4 is 21.1 Å². The highest BCUT2D eigenvalue weighted by atomic mass is 16.5. The lowest BCUT2D eigenvalue weighted by Crippen LogP contribution is -2.23. The number of aliphatic hydroxyl groups excluding tert-OH is 2. The fourth-order valence-electron chi connectivity index (χ4n) is 4.57. The van der Waals surface area contributed by atoms with Crippen molar-refractivity contribution in [2.24, 2.45) is 5.73 Å². The number of carbonyl (C=O) groups excluding carboxylic acids is 1. The number of nitrogens with zero attached hydrogens (tertiary/aromatic N) is 1. The molecule has 228 valence electrons. The molecule has 0 saturated carbocycles. The first-order valence-corrected chi connectivity index (χ1v) is 14.7. The van der Waals surface area contributed by atoms with Gasteiger partial charge < -0.3 is 36.1 Å². The van der Waals surface area contributed by atoms with Gasteiger partial charge in [-0.05, 0) is 67.4 Å². The Kier molecular flexibility index (Phi) is 14.8. The summed E-state index contributed by atoms with van der Waals surface area (Å²) in [6.45, 7) is 4.57. The van der Waals surface area contributed by atoms with Crippen molar-refractivity contribution in [3.8, 4) is 5.75 Å². The van der Waals surface area contributed by atoms with Crippen LogP contribution in [0.3, 0.4) is 0 Å². The second-order valence-corrected chi connectivity index (χ2v) is 10.5. The number of benzene rings is 3. The maximum atomic E-state index is 11.0. The summed E-state index contributed by atoms with van der Waals surface area (Å²) in [7, 11) is 2.05. The molecule has 0 aliphatic rings. The molecule has 0 heterocycles. The Morgan fingerprint density at radius 1 is 0.952 bits per heavy atom. The van der Waals surface area contributed by atoms with E-state index >= 15 is 0 Å². The molecule has 1 unspecified atom stereocenters. The summed E-state index contributed by atoms with van der Waals surface area (Å²) < 4.78 is 11.7. The second-order valence-electron chi connectivity index (χ2n) is 10.5. The third kappa shape index (κ3) is 12.6. The molecular weight excluding hydrogens is 532 g/mol. The Bertz CT molecular complexity index is 1190. The van der Waals surface area contributed by atoms with Crippen LogP contribution in [-0.4, -0.2) is 61.0 Å². The number of rotatable bonds is 20. The third-order valence-electron chi connectivity index (χ3n) is 6.87. The van der Waals surface area contributed by atoms with Crippen LogP contribution in [-0.2, 0) is 24.5 Å². The highest BCUT2D eigenvalue weighted by Crippen LogP contribution is 2.24. The van der Waals surface area contributed by atoms with Gasteiger partial charge >= 0.3 is 6.03 Å². The molecule has 0 spiro atoms. The lowest BCUT2D eigenvalue weighted by atomic mass is 10.0. The third-order valence-corrected chi connectivity index (χ3v) is 6.87. The van der Waals surface area contributed by atoms with Crippen LogP contribution >= 0.6 is 0 Å². The van der Waals surface area contributed by atoms with E-state index in [0.717, 1.165) is 68.6 Å². The van der Waals surface area contributed by atoms with E-state index in [9.17, 15) is 15.0 Å². The Labute approximate surface area is 249 Å². The summed E-state index contributed by atoms with van der Waals surface area (Å²) in [5.74, 6) is 0.628. The molecule has 1 atom stereocenters. The Morgan fingerprint density at radius 3 is 2.52 bits per heavy atom. The number of amides is 2. The van der Waals surface area contributed by atoms with Crippen molar-refractivity contribution in [1.82, 2.24) is 10.2 Å². The predicted octanol–water partition coefficient (Wildman–Crippen LogP) is 4.58. The van der Waals surface area contributed by atoms with Gasteiger partial charge in [0.1, 0.15) is 12.4 Å². The normalized spacial score (nSPS) is 11.9. The average molecular weight is 579 g/mol. The van der Waals surface area contributed by atoms with E-state index in [4.69, 9.17) is 15.2 Å². The fraction of sp³-hybridized carbons (Fsp3) is 0.424. The van der Waals surface area contributed by atoms with Crippen LogP contribution in [0.1, 0.15) is 54.0 Å². The van der Waals surface area contributed by atoms with Crippen LogP contribution in [0.2, 0.25) is 0 Å². The van der Waals surface area contributed by atoms with E-state index in [-0.39, 0.29) is 6.61 Å². The minimum Gasteiger partial charge on any atom is -0.489 e. The van der Waals surface area contributed by atoms with Crippen molar-refractivity contribution < 1.29 is 24.5 Å². The monoisotopic (exact) mass is 578 g/mol. The van der Waals surface area contributed by atoms with Gasteiger partial charge in [0, 0.05) is 37.5 Å². The van der Waals surface area contributed by atoms with E-state index in [1.807, 2.05) is 79.8 Å². The first-order chi connectivity index (χ1) is 20.4. The number of hydrogen-bond acceptors (Lipinski definition) is 7. The lowest BCUT2D eigenvalue weighted by Gasteiger charge is -2.17. The molecule has 0 aliphatic carbocycles. The number of likely N-dealkylation sites (N-methyl/N-ethyl adjacent to an activating group) is 1. The van der Waals surface area contributed by atoms with Gasteiger partial charge in [0.15, 0.2) is 0 Å². The highest BCUT2D eigenvalue weighted by molar-refractivity contribution is 5.87. The summed E-state index contributed by atoms with van der Waals surface area (Å²) in [6, 6.07) is 22.5. The number of anilines is 1. The quantitative estimate of drug-likeness (QED) is 0.124. The number of hydrogen-bond donors (Lipinski definition) is 5. The van der Waals surface area contributed by atoms with Crippen molar-refractivity contribution in [2.75, 3.05) is 45.2 Å². The van der Waals surface area contributed by atoms with Crippen molar-refractivity contribution in [3.63, 3.8) is 0 Å². The molecule has 0 saturated heterocycles. The minimum absolute atomic E-state index is 0.148. The molecule has 0 aliphatic heterocycles. The highest BCUT2D eigenvalue weighted by Gasteiger charge is 2.11. The number of primary amides is 1. The van der Waals surface area contributed by atoms with Crippen molar-refractivity contribution >= 4 is 11.7 Å². The summed E-state index contributed by atoms with van der Waals surface area (Å²) in [5.41, 5.74) is 9.47. The summed E-state index contributed by atoms with van der Waals surface area (Å²) in [6.07, 6.45) is 3.61. The van der Waals surface area contributed by atoms with Crippen molar-refractivity contribution in [3.05, 3.63) is 95.1 Å². The number of ether oxygens (including phenoxy) is 2. The molecule has 0 bridgehead atoms. The molecule has 0 radical (unpaired) electrons. The zero-order chi connectivity index (χ0) is 30.0. The number of nitrogens with one attached hydrogen (secondary N) is 2. The molecule has 6 N–H and O–H groups in total. The standard InChI is InChI=1S/C33H46N4O5/c1-37(23-27-12-9-13-30(20-27)36-33(34)40)17-19-41-18-8-3-2-7-16-35-22-31(39)28-14-15-32(29(21-28)24-38)42-25-26-10-5-4-6-11-26/h4-6,9-15,20-21,31,35,38-39H,2-3,7-8,16-19,22-25H2,1H3,(H3,34,36,40). The topological polar surface area (TPSA) is 129 Å².